The van der Waals surface area contributed by atoms with E-state index in [4.69, 9.17) is 4.52 Å². The summed E-state index contributed by atoms with van der Waals surface area (Å²) < 4.78 is 5.37. The number of benzene rings is 1. The number of ketones is 1. The average molecular weight is 342 g/mol. The summed E-state index contributed by atoms with van der Waals surface area (Å²) in [6.07, 6.45) is 0. The van der Waals surface area contributed by atoms with Gasteiger partial charge in [-0.3, -0.25) is 9.69 Å². The predicted octanol–water partition coefficient (Wildman–Crippen LogP) is 2.89. The summed E-state index contributed by atoms with van der Waals surface area (Å²) in [6.45, 7) is 12.3. The van der Waals surface area contributed by atoms with Crippen LogP contribution in [0.5, 0.6) is 0 Å². The van der Waals surface area contributed by atoms with E-state index in [9.17, 15) is 4.79 Å². The van der Waals surface area contributed by atoms with Gasteiger partial charge in [0.25, 0.3) is 0 Å². The van der Waals surface area contributed by atoms with E-state index in [0.717, 1.165) is 44.1 Å². The number of hydrogen-bond donors (Lipinski definition) is 0. The third-order valence-electron chi connectivity index (χ3n) is 4.49. The Morgan fingerprint density at radius 1 is 1.12 bits per heavy atom. The first-order chi connectivity index (χ1) is 11.8. The van der Waals surface area contributed by atoms with E-state index in [2.05, 4.69) is 40.7 Å². The van der Waals surface area contributed by atoms with Crippen molar-refractivity contribution in [2.24, 2.45) is 0 Å². The summed E-state index contributed by atoms with van der Waals surface area (Å²) in [6, 6.07) is 7.86. The van der Waals surface area contributed by atoms with Crippen LogP contribution in [0.4, 0.5) is 5.69 Å². The highest BCUT2D eigenvalue weighted by molar-refractivity contribution is 5.94. The molecule has 1 fully saturated rings. The van der Waals surface area contributed by atoms with Gasteiger partial charge in [-0.25, -0.2) is 0 Å². The summed E-state index contributed by atoms with van der Waals surface area (Å²) in [5, 5.41) is 4.11. The van der Waals surface area contributed by atoms with Crippen LogP contribution in [0.3, 0.4) is 0 Å². The maximum Gasteiger partial charge on any atom is 0.232 e. The van der Waals surface area contributed by atoms with Crippen molar-refractivity contribution in [2.45, 2.75) is 39.7 Å². The lowest BCUT2D eigenvalue weighted by molar-refractivity contribution is 0.101. The van der Waals surface area contributed by atoms with Crippen molar-refractivity contribution in [3.05, 3.63) is 41.5 Å². The van der Waals surface area contributed by atoms with Crippen LogP contribution < -0.4 is 4.90 Å². The zero-order chi connectivity index (χ0) is 18.0. The number of carbonyl (C=O) groups excluding carboxylic acids is 1. The molecule has 0 atom stereocenters. The predicted molar refractivity (Wildman–Crippen MR) is 96.9 cm³/mol. The van der Waals surface area contributed by atoms with Gasteiger partial charge < -0.3 is 9.42 Å². The molecule has 1 saturated heterocycles. The molecule has 134 valence electrons. The van der Waals surface area contributed by atoms with Crippen molar-refractivity contribution in [3.8, 4) is 0 Å². The van der Waals surface area contributed by atoms with E-state index in [1.165, 1.54) is 5.69 Å². The Bertz CT molecular complexity index is 723. The molecule has 0 unspecified atom stereocenters. The first kappa shape index (κ1) is 17.6. The lowest BCUT2D eigenvalue weighted by atomic mass is 9.97. The SMILES string of the molecule is CC(=O)c1ccc(N2CCN(Cc3noc(C(C)(C)C)n3)CC2)cc1. The Morgan fingerprint density at radius 2 is 1.76 bits per heavy atom. The Hall–Kier alpha value is -2.21. The second kappa shape index (κ2) is 6.96. The highest BCUT2D eigenvalue weighted by Gasteiger charge is 2.23. The molecule has 0 radical (unpaired) electrons. The van der Waals surface area contributed by atoms with E-state index >= 15 is 0 Å². The van der Waals surface area contributed by atoms with Gasteiger partial charge in [-0.2, -0.15) is 4.98 Å². The molecule has 0 amide bonds. The summed E-state index contributed by atoms with van der Waals surface area (Å²) in [5.74, 6) is 1.54. The second-order valence-corrected chi connectivity index (χ2v) is 7.63. The number of Topliss-reactive ketones (excluding diaryl/α,β-unsaturated/α-hetero) is 1. The van der Waals surface area contributed by atoms with Gasteiger partial charge in [0, 0.05) is 42.8 Å². The minimum Gasteiger partial charge on any atom is -0.369 e. The largest absolute Gasteiger partial charge is 0.369 e. The summed E-state index contributed by atoms with van der Waals surface area (Å²) in [4.78, 5) is 20.6. The van der Waals surface area contributed by atoms with Crippen molar-refractivity contribution >= 4 is 11.5 Å². The number of carbonyl (C=O) groups is 1. The number of piperazine rings is 1. The molecule has 1 aromatic heterocycles. The van der Waals surface area contributed by atoms with Gasteiger partial charge in [0.15, 0.2) is 11.6 Å². The zero-order valence-corrected chi connectivity index (χ0v) is 15.5. The van der Waals surface area contributed by atoms with Crippen LogP contribution in [-0.4, -0.2) is 47.0 Å². The van der Waals surface area contributed by atoms with Gasteiger partial charge in [0.05, 0.1) is 6.54 Å². The van der Waals surface area contributed by atoms with Crippen LogP contribution in [-0.2, 0) is 12.0 Å². The van der Waals surface area contributed by atoms with Gasteiger partial charge in [0.2, 0.25) is 5.89 Å². The van der Waals surface area contributed by atoms with Crippen molar-refractivity contribution in [1.29, 1.82) is 0 Å². The fourth-order valence-electron chi connectivity index (χ4n) is 2.89. The average Bonchev–Trinajstić information content (AvgIpc) is 3.04. The molecule has 3 rings (SSSR count). The maximum atomic E-state index is 11.4. The molecule has 0 spiro atoms. The first-order valence-corrected chi connectivity index (χ1v) is 8.74. The fraction of sp³-hybridized carbons (Fsp3) is 0.526. The molecule has 2 heterocycles. The van der Waals surface area contributed by atoms with Crippen molar-refractivity contribution in [1.82, 2.24) is 15.0 Å². The smallest absolute Gasteiger partial charge is 0.232 e. The van der Waals surface area contributed by atoms with E-state index in [-0.39, 0.29) is 11.2 Å². The molecule has 0 aliphatic carbocycles. The molecule has 25 heavy (non-hydrogen) atoms. The van der Waals surface area contributed by atoms with Crippen LogP contribution in [0.25, 0.3) is 0 Å². The molecular weight excluding hydrogens is 316 g/mol. The maximum absolute atomic E-state index is 11.4. The third kappa shape index (κ3) is 4.25. The Balaban J connectivity index is 1.55. The normalized spacial score (nSPS) is 16.2. The van der Waals surface area contributed by atoms with Crippen LogP contribution >= 0.6 is 0 Å². The third-order valence-corrected chi connectivity index (χ3v) is 4.49. The summed E-state index contributed by atoms with van der Waals surface area (Å²) in [5.41, 5.74) is 1.81. The van der Waals surface area contributed by atoms with Crippen molar-refractivity contribution in [2.75, 3.05) is 31.1 Å². The Morgan fingerprint density at radius 3 is 2.28 bits per heavy atom. The number of anilines is 1. The minimum atomic E-state index is -0.115. The monoisotopic (exact) mass is 342 g/mol. The fourth-order valence-corrected chi connectivity index (χ4v) is 2.89. The van der Waals surface area contributed by atoms with E-state index in [0.29, 0.717) is 5.89 Å². The van der Waals surface area contributed by atoms with Gasteiger partial charge in [-0.05, 0) is 31.2 Å². The number of aromatic nitrogens is 2. The molecule has 1 aromatic carbocycles. The Labute approximate surface area is 148 Å². The van der Waals surface area contributed by atoms with E-state index < -0.39 is 0 Å². The van der Waals surface area contributed by atoms with Gasteiger partial charge in [-0.1, -0.05) is 25.9 Å². The molecule has 1 aliphatic heterocycles. The Kier molecular flexibility index (Phi) is 4.90. The van der Waals surface area contributed by atoms with Crippen LogP contribution in [0, 0.1) is 0 Å². The first-order valence-electron chi connectivity index (χ1n) is 8.74. The van der Waals surface area contributed by atoms with E-state index in [1.54, 1.807) is 6.92 Å². The van der Waals surface area contributed by atoms with Crippen LogP contribution in [0.1, 0.15) is 49.8 Å². The van der Waals surface area contributed by atoms with Gasteiger partial charge >= 0.3 is 0 Å². The van der Waals surface area contributed by atoms with Crippen LogP contribution in [0.2, 0.25) is 0 Å². The van der Waals surface area contributed by atoms with Crippen LogP contribution in [0.15, 0.2) is 28.8 Å². The summed E-state index contributed by atoms with van der Waals surface area (Å²) >= 11 is 0. The number of hydrogen-bond acceptors (Lipinski definition) is 6. The second-order valence-electron chi connectivity index (χ2n) is 7.63. The molecule has 6 heteroatoms. The minimum absolute atomic E-state index is 0.103. The highest BCUT2D eigenvalue weighted by Crippen LogP contribution is 2.21. The van der Waals surface area contributed by atoms with Crippen molar-refractivity contribution in [3.63, 3.8) is 0 Å². The molecular formula is C19H26N4O2. The zero-order valence-electron chi connectivity index (χ0n) is 15.5. The molecule has 6 nitrogen and oxygen atoms in total. The van der Waals surface area contributed by atoms with Gasteiger partial charge in [-0.15, -0.1) is 0 Å². The lowest BCUT2D eigenvalue weighted by Gasteiger charge is -2.35. The molecule has 1 aliphatic rings. The standard InChI is InChI=1S/C19H26N4O2/c1-14(24)15-5-7-16(8-6-15)23-11-9-22(10-12-23)13-17-20-18(25-21-17)19(2,3)4/h5-8H,9-13H2,1-4H3. The molecule has 2 aromatic rings. The van der Waals surface area contributed by atoms with Gasteiger partial charge in [0.1, 0.15) is 0 Å². The van der Waals surface area contributed by atoms with E-state index in [1.807, 2.05) is 24.3 Å². The molecule has 0 N–H and O–H groups in total. The number of nitrogens with zero attached hydrogens (tertiary/aromatic N) is 4. The lowest BCUT2D eigenvalue weighted by Crippen LogP contribution is -2.46. The molecule has 0 bridgehead atoms. The topological polar surface area (TPSA) is 62.5 Å². The number of rotatable bonds is 4. The molecule has 0 saturated carbocycles. The highest BCUT2D eigenvalue weighted by atomic mass is 16.5. The van der Waals surface area contributed by atoms with Crippen molar-refractivity contribution < 1.29 is 9.32 Å². The summed E-state index contributed by atoms with van der Waals surface area (Å²) in [7, 11) is 0. The quantitative estimate of drug-likeness (QED) is 0.796.